The summed E-state index contributed by atoms with van der Waals surface area (Å²) in [5, 5.41) is 8.10. The number of unbranched alkanes of at least 4 members (excludes halogenated alkanes) is 3. The van der Waals surface area contributed by atoms with E-state index in [0.717, 1.165) is 51.4 Å². The Labute approximate surface area is 176 Å². The van der Waals surface area contributed by atoms with E-state index in [1.54, 1.807) is 24.3 Å². The van der Waals surface area contributed by atoms with Crippen LogP contribution in [0.2, 0.25) is 0 Å². The van der Waals surface area contributed by atoms with Crippen molar-refractivity contribution in [1.82, 2.24) is 15.1 Å². The van der Waals surface area contributed by atoms with Gasteiger partial charge in [-0.1, -0.05) is 63.6 Å². The van der Waals surface area contributed by atoms with Crippen LogP contribution >= 0.6 is 0 Å². The smallest absolute Gasteiger partial charge is 0.359 e. The Morgan fingerprint density at radius 1 is 1.10 bits per heavy atom. The van der Waals surface area contributed by atoms with Gasteiger partial charge in [-0.25, -0.2) is 9.48 Å². The molecule has 1 aliphatic rings. The van der Waals surface area contributed by atoms with E-state index < -0.39 is 5.97 Å². The number of nitrogens with one attached hydrogen (secondary N) is 1. The van der Waals surface area contributed by atoms with Gasteiger partial charge in [-0.15, -0.1) is 0 Å². The van der Waals surface area contributed by atoms with E-state index in [0.29, 0.717) is 17.3 Å². The first-order valence-electron chi connectivity index (χ1n) is 11.1. The topological polar surface area (TPSA) is 90.3 Å². The van der Waals surface area contributed by atoms with E-state index in [1.807, 2.05) is 0 Å². The lowest BCUT2D eigenvalue weighted by Crippen LogP contribution is -2.38. The van der Waals surface area contributed by atoms with Crippen LogP contribution in [0.5, 0.6) is 0 Å². The monoisotopic (exact) mass is 413 g/mol. The minimum atomic E-state index is -0.688. The molecule has 0 unspecified atom stereocenters. The number of hydrogen-bond acceptors (Lipinski definition) is 5. The molecule has 162 valence electrons. The fourth-order valence-electron chi connectivity index (χ4n) is 3.94. The van der Waals surface area contributed by atoms with Crippen molar-refractivity contribution in [2.75, 3.05) is 6.61 Å². The van der Waals surface area contributed by atoms with Crippen LogP contribution in [0.25, 0.3) is 10.8 Å². The van der Waals surface area contributed by atoms with Gasteiger partial charge in [0, 0.05) is 18.0 Å². The highest BCUT2D eigenvalue weighted by atomic mass is 16.5. The van der Waals surface area contributed by atoms with E-state index in [1.165, 1.54) is 11.1 Å². The van der Waals surface area contributed by atoms with Crippen LogP contribution in [-0.2, 0) is 16.1 Å². The fraction of sp³-hybridized carbons (Fsp3) is 0.565. The number of fused-ring (bicyclic) bond motifs is 1. The van der Waals surface area contributed by atoms with Gasteiger partial charge in [0.05, 0.1) is 5.39 Å². The Hall–Kier alpha value is -2.70. The average molecular weight is 414 g/mol. The van der Waals surface area contributed by atoms with Crippen LogP contribution < -0.4 is 10.9 Å². The van der Waals surface area contributed by atoms with Crippen molar-refractivity contribution in [3.63, 3.8) is 0 Å². The maximum Gasteiger partial charge on any atom is 0.359 e. The predicted molar refractivity (Wildman–Crippen MR) is 115 cm³/mol. The molecule has 2 aromatic rings. The van der Waals surface area contributed by atoms with Crippen LogP contribution in [0.3, 0.4) is 0 Å². The highest BCUT2D eigenvalue weighted by Crippen LogP contribution is 2.17. The first kappa shape index (κ1) is 22.0. The maximum atomic E-state index is 12.7. The summed E-state index contributed by atoms with van der Waals surface area (Å²) >= 11 is 0. The summed E-state index contributed by atoms with van der Waals surface area (Å²) in [5.74, 6) is -0.986. The van der Waals surface area contributed by atoms with Gasteiger partial charge in [0.15, 0.2) is 12.3 Å². The first-order valence-corrected chi connectivity index (χ1v) is 11.1. The second-order valence-electron chi connectivity index (χ2n) is 7.96. The number of ether oxygens (including phenoxy) is 1. The number of amides is 1. The van der Waals surface area contributed by atoms with Gasteiger partial charge in [-0.05, 0) is 25.3 Å². The van der Waals surface area contributed by atoms with Crippen LogP contribution in [0, 0.1) is 0 Å². The Kier molecular flexibility index (Phi) is 7.99. The Balaban J connectivity index is 1.71. The van der Waals surface area contributed by atoms with Gasteiger partial charge in [-0.2, -0.15) is 5.10 Å². The number of nitrogens with zero attached hydrogens (tertiary/aromatic N) is 2. The molecule has 7 nitrogen and oxygen atoms in total. The van der Waals surface area contributed by atoms with Crippen LogP contribution in [-0.4, -0.2) is 34.3 Å². The third-order valence-electron chi connectivity index (χ3n) is 5.59. The molecule has 0 saturated heterocycles. The van der Waals surface area contributed by atoms with Crippen molar-refractivity contribution in [2.24, 2.45) is 0 Å². The summed E-state index contributed by atoms with van der Waals surface area (Å²) in [6, 6.07) is 7.05. The maximum absolute atomic E-state index is 12.7. The summed E-state index contributed by atoms with van der Waals surface area (Å²) in [7, 11) is 0. The summed E-state index contributed by atoms with van der Waals surface area (Å²) < 4.78 is 6.59. The summed E-state index contributed by atoms with van der Waals surface area (Å²) in [4.78, 5) is 37.6. The van der Waals surface area contributed by atoms with Crippen molar-refractivity contribution in [2.45, 2.75) is 77.3 Å². The molecular weight excluding hydrogens is 382 g/mol. The molecule has 1 saturated carbocycles. The normalized spacial score (nSPS) is 14.6. The fourth-order valence-corrected chi connectivity index (χ4v) is 3.94. The first-order chi connectivity index (χ1) is 14.6. The number of aryl methyl sites for hydroxylation is 1. The number of carbonyl (C=O) groups excluding carboxylic acids is 2. The van der Waals surface area contributed by atoms with Gasteiger partial charge in [0.1, 0.15) is 0 Å². The molecule has 0 atom stereocenters. The highest BCUT2D eigenvalue weighted by molar-refractivity contribution is 6.02. The number of hydrogen-bond donors (Lipinski definition) is 1. The van der Waals surface area contributed by atoms with E-state index in [2.05, 4.69) is 17.3 Å². The van der Waals surface area contributed by atoms with Gasteiger partial charge in [0.25, 0.3) is 11.5 Å². The van der Waals surface area contributed by atoms with E-state index in [-0.39, 0.29) is 29.8 Å². The van der Waals surface area contributed by atoms with Gasteiger partial charge in [-0.3, -0.25) is 9.59 Å². The molecule has 1 heterocycles. The van der Waals surface area contributed by atoms with Crippen molar-refractivity contribution < 1.29 is 14.3 Å². The molecule has 7 heteroatoms. The number of aromatic nitrogens is 2. The van der Waals surface area contributed by atoms with Gasteiger partial charge >= 0.3 is 5.97 Å². The lowest BCUT2D eigenvalue weighted by molar-refractivity contribution is -0.125. The number of benzene rings is 1. The second kappa shape index (κ2) is 10.9. The molecule has 1 N–H and O–H groups in total. The van der Waals surface area contributed by atoms with E-state index in [4.69, 9.17) is 4.74 Å². The molecule has 1 fully saturated rings. The third kappa shape index (κ3) is 5.68. The van der Waals surface area contributed by atoms with Crippen molar-refractivity contribution in [1.29, 1.82) is 0 Å². The zero-order chi connectivity index (χ0) is 21.3. The average Bonchev–Trinajstić information content (AvgIpc) is 2.77. The molecule has 0 bridgehead atoms. The molecule has 0 aliphatic heterocycles. The summed E-state index contributed by atoms with van der Waals surface area (Å²) in [5.41, 5.74) is -0.139. The molecule has 1 amide bonds. The lowest BCUT2D eigenvalue weighted by atomic mass is 9.95. The van der Waals surface area contributed by atoms with Crippen LogP contribution in [0.4, 0.5) is 0 Å². The zero-order valence-electron chi connectivity index (χ0n) is 17.7. The third-order valence-corrected chi connectivity index (χ3v) is 5.59. The molecule has 0 radical (unpaired) electrons. The Bertz CT molecular complexity index is 932. The van der Waals surface area contributed by atoms with Gasteiger partial charge < -0.3 is 10.1 Å². The largest absolute Gasteiger partial charge is 0.451 e. The van der Waals surface area contributed by atoms with Gasteiger partial charge in [0.2, 0.25) is 0 Å². The minimum Gasteiger partial charge on any atom is -0.451 e. The number of rotatable bonds is 9. The molecular formula is C23H31N3O4. The SMILES string of the molecule is CCCCCCn1nc(C(=O)OCC(=O)NC2CCCCC2)c2ccccc2c1=O. The minimum absolute atomic E-state index is 0.0751. The quantitative estimate of drug-likeness (QED) is 0.501. The van der Waals surface area contributed by atoms with Crippen molar-refractivity contribution in [3.05, 3.63) is 40.3 Å². The summed E-state index contributed by atoms with van der Waals surface area (Å²) in [6.45, 7) is 2.23. The van der Waals surface area contributed by atoms with Crippen molar-refractivity contribution in [3.8, 4) is 0 Å². The highest BCUT2D eigenvalue weighted by Gasteiger charge is 2.20. The van der Waals surface area contributed by atoms with Crippen LogP contribution in [0.15, 0.2) is 29.1 Å². The molecule has 0 spiro atoms. The Morgan fingerprint density at radius 3 is 2.57 bits per heavy atom. The molecule has 1 aromatic heterocycles. The standard InChI is InChI=1S/C23H31N3O4/c1-2-3-4-10-15-26-22(28)19-14-9-8-13-18(19)21(25-26)23(29)30-16-20(27)24-17-11-6-5-7-12-17/h8-9,13-14,17H,2-7,10-12,15-16H2,1H3,(H,24,27). The van der Waals surface area contributed by atoms with E-state index in [9.17, 15) is 14.4 Å². The molecule has 3 rings (SSSR count). The van der Waals surface area contributed by atoms with Crippen molar-refractivity contribution >= 4 is 22.6 Å². The number of carbonyl (C=O) groups is 2. The molecule has 1 aliphatic carbocycles. The zero-order valence-corrected chi connectivity index (χ0v) is 17.7. The molecule has 30 heavy (non-hydrogen) atoms. The molecule has 1 aromatic carbocycles. The summed E-state index contributed by atoms with van der Waals surface area (Å²) in [6.07, 6.45) is 9.36. The second-order valence-corrected chi connectivity index (χ2v) is 7.96. The number of esters is 1. The van der Waals surface area contributed by atoms with E-state index >= 15 is 0 Å². The van der Waals surface area contributed by atoms with Crippen LogP contribution in [0.1, 0.15) is 75.2 Å². The predicted octanol–water partition coefficient (Wildman–Crippen LogP) is 3.58. The lowest BCUT2D eigenvalue weighted by Gasteiger charge is -2.22. The Morgan fingerprint density at radius 2 is 1.83 bits per heavy atom.